The van der Waals surface area contributed by atoms with E-state index in [-0.39, 0.29) is 40.8 Å². The van der Waals surface area contributed by atoms with Gasteiger partial charge < -0.3 is 5.11 Å². The van der Waals surface area contributed by atoms with Gasteiger partial charge in [0.25, 0.3) is 11.8 Å². The van der Waals surface area contributed by atoms with E-state index < -0.39 is 46.8 Å². The fourth-order valence-electron chi connectivity index (χ4n) is 7.96. The second kappa shape index (κ2) is 9.61. The van der Waals surface area contributed by atoms with Crippen molar-refractivity contribution in [1.82, 2.24) is 5.06 Å². The van der Waals surface area contributed by atoms with Gasteiger partial charge in [-0.1, -0.05) is 83.9 Å². The topological polar surface area (TPSA) is 112 Å². The molecule has 42 heavy (non-hydrogen) atoms. The molecule has 2 fully saturated rings. The lowest BCUT2D eigenvalue weighted by Crippen LogP contribution is -2.58. The summed E-state index contributed by atoms with van der Waals surface area (Å²) in [6.45, 7) is 0. The summed E-state index contributed by atoms with van der Waals surface area (Å²) >= 11 is 6.46. The molecule has 6 atom stereocenters. The van der Waals surface area contributed by atoms with Crippen molar-refractivity contribution in [2.75, 3.05) is 0 Å². The van der Waals surface area contributed by atoms with Crippen molar-refractivity contribution in [3.8, 4) is 5.75 Å². The number of Topliss-reactive ketones (excluding diaryl/α,β-unsaturated/α-hetero) is 1. The molecule has 8 heteroatoms. The highest BCUT2D eigenvalue weighted by atomic mass is 35.5. The van der Waals surface area contributed by atoms with Crippen LogP contribution in [0.15, 0.2) is 96.6 Å². The Morgan fingerprint density at radius 3 is 2.26 bits per heavy atom. The van der Waals surface area contributed by atoms with Crippen molar-refractivity contribution in [3.05, 3.63) is 118 Å². The van der Waals surface area contributed by atoms with Crippen LogP contribution < -0.4 is 0 Å². The van der Waals surface area contributed by atoms with Crippen molar-refractivity contribution in [2.45, 2.75) is 24.2 Å². The van der Waals surface area contributed by atoms with Crippen LogP contribution in [0.1, 0.15) is 35.4 Å². The zero-order valence-corrected chi connectivity index (χ0v) is 23.1. The fraction of sp³-hybridized carbons (Fsp3) is 0.235. The Morgan fingerprint density at radius 1 is 0.857 bits per heavy atom. The molecule has 7 rings (SSSR count). The largest absolute Gasteiger partial charge is 0.508 e. The summed E-state index contributed by atoms with van der Waals surface area (Å²) in [4.78, 5) is 55.6. The van der Waals surface area contributed by atoms with E-state index in [1.807, 2.05) is 42.5 Å². The number of phenols is 1. The molecule has 6 unspecified atom stereocenters. The number of benzene rings is 3. The smallest absolute Gasteiger partial charge is 0.257 e. The second-order valence-electron chi connectivity index (χ2n) is 11.5. The Labute approximate surface area is 246 Å². The molecule has 2 amide bonds. The highest BCUT2D eigenvalue weighted by Gasteiger charge is 2.66. The molecule has 7 nitrogen and oxygen atoms in total. The number of carbonyl (C=O) groups excluding carboxylic acids is 4. The lowest BCUT2D eigenvalue weighted by Gasteiger charge is -2.55. The monoisotopic (exact) mass is 579 g/mol. The fourth-order valence-corrected chi connectivity index (χ4v) is 8.14. The van der Waals surface area contributed by atoms with Crippen LogP contribution >= 0.6 is 11.6 Å². The molecule has 3 aromatic carbocycles. The Balaban J connectivity index is 1.54. The van der Waals surface area contributed by atoms with Crippen LogP contribution in [0.3, 0.4) is 0 Å². The van der Waals surface area contributed by atoms with Gasteiger partial charge in [-0.05, 0) is 54.2 Å². The number of amides is 2. The van der Waals surface area contributed by atoms with Crippen molar-refractivity contribution in [1.29, 1.82) is 0 Å². The average molecular weight is 580 g/mol. The summed E-state index contributed by atoms with van der Waals surface area (Å²) in [5, 5.41) is 22.1. The predicted octanol–water partition coefficient (Wildman–Crippen LogP) is 5.26. The van der Waals surface area contributed by atoms with E-state index in [0.717, 1.165) is 0 Å². The van der Waals surface area contributed by atoms with Crippen LogP contribution in [-0.4, -0.2) is 38.8 Å². The molecule has 0 spiro atoms. The number of fused-ring (bicyclic) bond motifs is 4. The number of halogens is 1. The van der Waals surface area contributed by atoms with Gasteiger partial charge in [0.15, 0.2) is 11.6 Å². The number of rotatable bonds is 3. The van der Waals surface area contributed by atoms with Crippen molar-refractivity contribution in [3.63, 3.8) is 0 Å². The van der Waals surface area contributed by atoms with Gasteiger partial charge in [0, 0.05) is 28.0 Å². The summed E-state index contributed by atoms with van der Waals surface area (Å²) in [6.07, 6.45) is 3.57. The Morgan fingerprint density at radius 2 is 1.55 bits per heavy atom. The molecule has 3 aliphatic carbocycles. The number of ketones is 2. The van der Waals surface area contributed by atoms with Gasteiger partial charge >= 0.3 is 0 Å². The van der Waals surface area contributed by atoms with Gasteiger partial charge in [-0.3, -0.25) is 24.4 Å². The summed E-state index contributed by atoms with van der Waals surface area (Å²) in [5.74, 6) is -6.13. The number of allylic oxidation sites excluding steroid dienone is 4. The lowest BCUT2D eigenvalue weighted by molar-refractivity contribution is -0.173. The highest BCUT2D eigenvalue weighted by molar-refractivity contribution is 6.32. The molecule has 0 bridgehead atoms. The lowest BCUT2D eigenvalue weighted by atomic mass is 9.44. The highest BCUT2D eigenvalue weighted by Crippen LogP contribution is 2.64. The normalized spacial score (nSPS) is 30.3. The quantitative estimate of drug-likeness (QED) is 0.249. The average Bonchev–Trinajstić information content (AvgIpc) is 3.23. The zero-order valence-electron chi connectivity index (χ0n) is 22.3. The third-order valence-corrected chi connectivity index (χ3v) is 9.89. The summed E-state index contributed by atoms with van der Waals surface area (Å²) in [6, 6.07) is 22.7. The van der Waals surface area contributed by atoms with Crippen LogP contribution in [-0.2, 0) is 24.6 Å². The zero-order chi connectivity index (χ0) is 29.3. The molecular weight excluding hydrogens is 554 g/mol. The third kappa shape index (κ3) is 3.56. The number of hydroxylamine groups is 2. The van der Waals surface area contributed by atoms with E-state index in [9.17, 15) is 29.5 Å². The molecule has 210 valence electrons. The Hall–Kier alpha value is -4.33. The molecule has 1 aliphatic heterocycles. The van der Waals surface area contributed by atoms with Gasteiger partial charge in [-0.15, -0.1) is 0 Å². The minimum atomic E-state index is -1.46. The second-order valence-corrected chi connectivity index (χ2v) is 11.9. The first-order valence-corrected chi connectivity index (χ1v) is 14.3. The van der Waals surface area contributed by atoms with E-state index in [4.69, 9.17) is 11.6 Å². The molecule has 2 N–H and O–H groups in total. The Bertz CT molecular complexity index is 1730. The maximum absolute atomic E-state index is 14.8. The van der Waals surface area contributed by atoms with Crippen LogP contribution in [0, 0.1) is 23.7 Å². The molecule has 3 aromatic rings. The molecule has 0 radical (unpaired) electrons. The number of carbonyl (C=O) groups is 4. The standard InChI is InChI=1S/C34H26ClNO6/c35-20-11-14-27(37)25(15-20)30-21-12-13-22-29(33(41)36(42)32(22)40)24(21)16-26-31(39)23(18-7-3-1-4-8-18)17-28(38)34(26,30)19-9-5-2-6-10-19/h1-12,14-15,17,22,24,26,29-30,37,42H,13,16H2. The number of hydrogen-bond donors (Lipinski definition) is 2. The first-order chi connectivity index (χ1) is 20.2. The van der Waals surface area contributed by atoms with E-state index in [0.29, 0.717) is 27.3 Å². The summed E-state index contributed by atoms with van der Waals surface area (Å²) in [5.41, 5.74) is 1.09. The van der Waals surface area contributed by atoms with Gasteiger partial charge in [0.1, 0.15) is 5.75 Å². The van der Waals surface area contributed by atoms with Crippen LogP contribution in [0.25, 0.3) is 5.57 Å². The SMILES string of the molecule is O=C1C(c2ccccc2)=CC(=O)C2(c3ccccc3)C1CC1C(=CCC3C(=O)N(O)C(=O)C31)C2c1cc(Cl)ccc1O. The molecular formula is C34H26ClNO6. The maximum atomic E-state index is 14.8. The van der Waals surface area contributed by atoms with E-state index in [2.05, 4.69) is 0 Å². The summed E-state index contributed by atoms with van der Waals surface area (Å²) < 4.78 is 0. The molecule has 4 aliphatic rings. The maximum Gasteiger partial charge on any atom is 0.257 e. The van der Waals surface area contributed by atoms with E-state index >= 15 is 0 Å². The molecule has 1 saturated heterocycles. The molecule has 0 aromatic heterocycles. The number of hydrogen-bond acceptors (Lipinski definition) is 6. The number of phenolic OH excluding ortho intramolecular Hbond substituents is 1. The minimum Gasteiger partial charge on any atom is -0.508 e. The minimum absolute atomic E-state index is 0.0992. The van der Waals surface area contributed by atoms with Gasteiger partial charge in [0.2, 0.25) is 0 Å². The summed E-state index contributed by atoms with van der Waals surface area (Å²) in [7, 11) is 0. The van der Waals surface area contributed by atoms with Crippen LogP contribution in [0.4, 0.5) is 0 Å². The van der Waals surface area contributed by atoms with E-state index in [1.165, 1.54) is 12.1 Å². The molecule has 1 saturated carbocycles. The number of nitrogens with zero attached hydrogens (tertiary/aromatic N) is 1. The van der Waals surface area contributed by atoms with Crippen LogP contribution in [0.2, 0.25) is 5.02 Å². The van der Waals surface area contributed by atoms with E-state index in [1.54, 1.807) is 36.4 Å². The van der Waals surface area contributed by atoms with Crippen molar-refractivity contribution < 1.29 is 29.5 Å². The van der Waals surface area contributed by atoms with Crippen LogP contribution in [0.5, 0.6) is 5.75 Å². The number of aromatic hydroxyl groups is 1. The predicted molar refractivity (Wildman–Crippen MR) is 153 cm³/mol. The third-order valence-electron chi connectivity index (χ3n) is 9.65. The Kier molecular flexibility index (Phi) is 6.08. The first kappa shape index (κ1) is 26.6. The number of imide groups is 1. The van der Waals surface area contributed by atoms with Crippen molar-refractivity contribution >= 4 is 40.6 Å². The molecule has 1 heterocycles. The van der Waals surface area contributed by atoms with Crippen molar-refractivity contribution in [2.24, 2.45) is 23.7 Å². The van der Waals surface area contributed by atoms with Gasteiger partial charge in [-0.25, -0.2) is 0 Å². The van der Waals surface area contributed by atoms with Gasteiger partial charge in [0.05, 0.1) is 17.3 Å². The van der Waals surface area contributed by atoms with Gasteiger partial charge in [-0.2, -0.15) is 5.06 Å². The first-order valence-electron chi connectivity index (χ1n) is 13.9.